The number of amides is 1. The van der Waals surface area contributed by atoms with Gasteiger partial charge in [-0.2, -0.15) is 26.3 Å². The lowest BCUT2D eigenvalue weighted by Crippen LogP contribution is -2.33. The van der Waals surface area contributed by atoms with Gasteiger partial charge in [-0.15, -0.1) is 13.2 Å². The van der Waals surface area contributed by atoms with Crippen LogP contribution in [0.5, 0.6) is 0 Å². The van der Waals surface area contributed by atoms with Crippen molar-refractivity contribution in [3.63, 3.8) is 0 Å². The molecule has 4 nitrogen and oxygen atoms in total. The second-order valence-corrected chi connectivity index (χ2v) is 8.36. The standard InChI is InChI=1S/C20H21F6N3OS.C2H4/c1-2-27-17-16(31-18(30)28-17)9-12-5-7-29(8-6-12)11-13-3-4-14(19(21,22)23)10-15(13)20(24,25)26;1-2/h3-4,9-10,12H,2,5-8,11H2,1H3,(H,27,28,30);1-2H2/b16-9-;. The van der Waals surface area contributed by atoms with Gasteiger partial charge in [0.1, 0.15) is 5.84 Å². The van der Waals surface area contributed by atoms with E-state index in [-0.39, 0.29) is 29.3 Å². The first-order chi connectivity index (χ1) is 15.5. The van der Waals surface area contributed by atoms with Gasteiger partial charge in [-0.1, -0.05) is 12.1 Å². The van der Waals surface area contributed by atoms with Crippen LogP contribution in [0, 0.1) is 5.92 Å². The van der Waals surface area contributed by atoms with Crippen LogP contribution in [0.3, 0.4) is 0 Å². The molecule has 0 unspecified atom stereocenters. The van der Waals surface area contributed by atoms with Crippen LogP contribution >= 0.6 is 11.8 Å². The van der Waals surface area contributed by atoms with Gasteiger partial charge in [0.2, 0.25) is 0 Å². The number of halogens is 6. The summed E-state index contributed by atoms with van der Waals surface area (Å²) < 4.78 is 78.6. The maximum Gasteiger partial charge on any atom is 0.416 e. The molecule has 0 radical (unpaired) electrons. The summed E-state index contributed by atoms with van der Waals surface area (Å²) in [6, 6.07) is 1.79. The van der Waals surface area contributed by atoms with Gasteiger partial charge in [-0.3, -0.25) is 14.7 Å². The highest BCUT2D eigenvalue weighted by Crippen LogP contribution is 2.38. The first-order valence-electron chi connectivity index (χ1n) is 10.2. The van der Waals surface area contributed by atoms with Crippen molar-refractivity contribution < 1.29 is 31.1 Å². The van der Waals surface area contributed by atoms with Gasteiger partial charge in [0.15, 0.2) is 0 Å². The Labute approximate surface area is 192 Å². The van der Waals surface area contributed by atoms with E-state index in [2.05, 4.69) is 23.5 Å². The summed E-state index contributed by atoms with van der Waals surface area (Å²) in [6.07, 6.45) is -6.40. The molecule has 2 aliphatic heterocycles. The highest BCUT2D eigenvalue weighted by Gasteiger charge is 2.38. The molecular formula is C22H25F6N3OS. The van der Waals surface area contributed by atoms with E-state index >= 15 is 0 Å². The Morgan fingerprint density at radius 2 is 1.79 bits per heavy atom. The molecule has 1 aromatic carbocycles. The van der Waals surface area contributed by atoms with Crippen LogP contribution in [-0.2, 0) is 18.9 Å². The Kier molecular flexibility index (Phi) is 9.19. The Morgan fingerprint density at radius 1 is 1.15 bits per heavy atom. The zero-order valence-corrected chi connectivity index (χ0v) is 18.8. The molecule has 2 aliphatic rings. The molecule has 33 heavy (non-hydrogen) atoms. The number of hydrogen-bond acceptors (Lipinski definition) is 4. The SMILES string of the molecule is C=C.CCN=C1NC(=O)S/C1=C\C1CCN(Cc2ccc(C(F)(F)F)cc2C(F)(F)F)CC1. The number of nitrogens with zero attached hydrogens (tertiary/aromatic N) is 2. The molecule has 2 fully saturated rings. The van der Waals surface area contributed by atoms with Crippen LogP contribution in [0.4, 0.5) is 31.1 Å². The molecule has 0 atom stereocenters. The number of amidine groups is 1. The zero-order valence-electron chi connectivity index (χ0n) is 18.0. The van der Waals surface area contributed by atoms with Crippen molar-refractivity contribution in [2.75, 3.05) is 19.6 Å². The van der Waals surface area contributed by atoms with Gasteiger partial charge in [0, 0.05) is 13.1 Å². The molecular weight excluding hydrogens is 468 g/mol. The molecule has 0 aromatic heterocycles. The number of nitrogens with one attached hydrogen (secondary N) is 1. The predicted molar refractivity (Wildman–Crippen MR) is 118 cm³/mol. The lowest BCUT2D eigenvalue weighted by Gasteiger charge is -2.31. The van der Waals surface area contributed by atoms with E-state index < -0.39 is 23.5 Å². The number of alkyl halides is 6. The largest absolute Gasteiger partial charge is 0.416 e. The molecule has 0 spiro atoms. The molecule has 182 valence electrons. The van der Waals surface area contributed by atoms with Gasteiger partial charge >= 0.3 is 12.4 Å². The number of likely N-dealkylation sites (tertiary alicyclic amines) is 1. The van der Waals surface area contributed by atoms with E-state index in [1.165, 1.54) is 0 Å². The number of allylic oxidation sites excluding steroid dienone is 1. The first kappa shape index (κ1) is 27.0. The molecule has 0 bridgehead atoms. The van der Waals surface area contributed by atoms with Crippen LogP contribution in [0.1, 0.15) is 36.5 Å². The minimum atomic E-state index is -4.87. The molecule has 0 aliphatic carbocycles. The third kappa shape index (κ3) is 7.36. The fourth-order valence-corrected chi connectivity index (χ4v) is 4.43. The van der Waals surface area contributed by atoms with Crippen molar-refractivity contribution >= 4 is 22.8 Å². The fourth-order valence-electron chi connectivity index (χ4n) is 3.61. The molecule has 0 saturated carbocycles. The van der Waals surface area contributed by atoms with E-state index in [0.717, 1.165) is 22.7 Å². The average molecular weight is 494 g/mol. The number of rotatable bonds is 4. The minimum Gasteiger partial charge on any atom is -0.300 e. The molecule has 1 aromatic rings. The third-order valence-corrected chi connectivity index (χ3v) is 5.97. The van der Waals surface area contributed by atoms with Gasteiger partial charge < -0.3 is 5.32 Å². The Balaban J connectivity index is 0.00000187. The topological polar surface area (TPSA) is 44.7 Å². The van der Waals surface area contributed by atoms with Gasteiger partial charge in [0.25, 0.3) is 5.24 Å². The molecule has 2 saturated heterocycles. The van der Waals surface area contributed by atoms with Crippen molar-refractivity contribution in [1.29, 1.82) is 0 Å². The van der Waals surface area contributed by atoms with E-state index in [1.807, 2.05) is 13.0 Å². The van der Waals surface area contributed by atoms with E-state index in [4.69, 9.17) is 0 Å². The number of aliphatic imine (C=N–C) groups is 1. The van der Waals surface area contributed by atoms with Crippen molar-refractivity contribution in [2.24, 2.45) is 10.9 Å². The smallest absolute Gasteiger partial charge is 0.300 e. The summed E-state index contributed by atoms with van der Waals surface area (Å²) in [5.74, 6) is 0.683. The van der Waals surface area contributed by atoms with E-state index in [9.17, 15) is 31.1 Å². The van der Waals surface area contributed by atoms with Crippen molar-refractivity contribution in [2.45, 2.75) is 38.7 Å². The molecule has 1 amide bonds. The number of hydrogen-bond donors (Lipinski definition) is 1. The Morgan fingerprint density at radius 3 is 2.33 bits per heavy atom. The Bertz CT molecular complexity index is 902. The normalized spacial score (nSPS) is 20.6. The molecule has 3 rings (SSSR count). The van der Waals surface area contributed by atoms with Gasteiger partial charge in [0.05, 0.1) is 16.0 Å². The number of piperidine rings is 1. The quantitative estimate of drug-likeness (QED) is 0.385. The third-order valence-electron chi connectivity index (χ3n) is 5.13. The second kappa shape index (κ2) is 11.2. The Hall–Kier alpha value is -2.27. The highest BCUT2D eigenvalue weighted by molar-refractivity contribution is 8.18. The summed E-state index contributed by atoms with van der Waals surface area (Å²) >= 11 is 1.07. The second-order valence-electron chi connectivity index (χ2n) is 7.35. The summed E-state index contributed by atoms with van der Waals surface area (Å²) in [5, 5.41) is 2.48. The lowest BCUT2D eigenvalue weighted by molar-refractivity contribution is -0.143. The highest BCUT2D eigenvalue weighted by atomic mass is 32.2. The summed E-state index contributed by atoms with van der Waals surface area (Å²) in [4.78, 5) is 18.4. The number of carbonyl (C=O) groups is 1. The van der Waals surface area contributed by atoms with Crippen LogP contribution < -0.4 is 5.32 Å². The van der Waals surface area contributed by atoms with E-state index in [1.54, 1.807) is 4.90 Å². The van der Waals surface area contributed by atoms with Crippen molar-refractivity contribution in [3.8, 4) is 0 Å². The number of benzene rings is 1. The maximum absolute atomic E-state index is 13.4. The van der Waals surface area contributed by atoms with Crippen molar-refractivity contribution in [3.05, 3.63) is 59.0 Å². The maximum atomic E-state index is 13.4. The van der Waals surface area contributed by atoms with E-state index in [0.29, 0.717) is 44.4 Å². The molecule has 2 heterocycles. The lowest BCUT2D eigenvalue weighted by atomic mass is 9.95. The minimum absolute atomic E-state index is 0.0758. The predicted octanol–water partition coefficient (Wildman–Crippen LogP) is 6.50. The summed E-state index contributed by atoms with van der Waals surface area (Å²) in [7, 11) is 0. The first-order valence-corrected chi connectivity index (χ1v) is 11.0. The average Bonchev–Trinajstić information content (AvgIpc) is 3.08. The summed E-state index contributed by atoms with van der Waals surface area (Å²) in [6.45, 7) is 9.31. The number of carbonyl (C=O) groups excluding carboxylic acids is 1. The van der Waals surface area contributed by atoms with Crippen LogP contribution in [0.15, 0.2) is 47.3 Å². The zero-order chi connectivity index (χ0) is 24.8. The van der Waals surface area contributed by atoms with Crippen LogP contribution in [-0.4, -0.2) is 35.6 Å². The van der Waals surface area contributed by atoms with Crippen LogP contribution in [0.25, 0.3) is 0 Å². The monoisotopic (exact) mass is 493 g/mol. The molecule has 11 heteroatoms. The fraction of sp³-hybridized carbons (Fsp3) is 0.455. The van der Waals surface area contributed by atoms with Crippen molar-refractivity contribution in [1.82, 2.24) is 10.2 Å². The number of thioether (sulfide) groups is 1. The summed E-state index contributed by atoms with van der Waals surface area (Å²) in [5.41, 5.74) is -2.73. The molecule has 1 N–H and O–H groups in total. The van der Waals surface area contributed by atoms with Crippen LogP contribution in [0.2, 0.25) is 0 Å². The van der Waals surface area contributed by atoms with Gasteiger partial charge in [-0.05, 0) is 68.2 Å². The van der Waals surface area contributed by atoms with Gasteiger partial charge in [-0.25, -0.2) is 0 Å².